The van der Waals surface area contributed by atoms with Gasteiger partial charge in [0.15, 0.2) is 5.60 Å². The number of halogens is 2. The molecular weight excluding hydrogens is 449 g/mol. The number of nitrogens with zero attached hydrogens (tertiary/aromatic N) is 1. The van der Waals surface area contributed by atoms with Crippen molar-refractivity contribution in [3.05, 3.63) is 101 Å². The van der Waals surface area contributed by atoms with Crippen LogP contribution in [0.4, 0.5) is 0 Å². The van der Waals surface area contributed by atoms with Crippen molar-refractivity contribution in [1.82, 2.24) is 4.98 Å². The number of rotatable bonds is 5. The highest BCUT2D eigenvalue weighted by Gasteiger charge is 2.64. The summed E-state index contributed by atoms with van der Waals surface area (Å²) in [6.45, 7) is 2.78. The molecule has 0 spiro atoms. The van der Waals surface area contributed by atoms with Crippen LogP contribution in [-0.4, -0.2) is 22.5 Å². The van der Waals surface area contributed by atoms with Gasteiger partial charge in [-0.2, -0.15) is 0 Å². The fourth-order valence-corrected chi connectivity index (χ4v) is 4.65. The summed E-state index contributed by atoms with van der Waals surface area (Å²) in [6.07, 6.45) is 4.20. The van der Waals surface area contributed by atoms with Crippen LogP contribution in [0.25, 0.3) is 0 Å². The van der Waals surface area contributed by atoms with E-state index in [9.17, 15) is 9.59 Å². The molecule has 0 fully saturated rings. The molecule has 1 heterocycles. The molecular formula is C25H25Cl2NO4. The molecule has 168 valence electrons. The third kappa shape index (κ3) is 4.36. The molecule has 1 aliphatic rings. The Hall–Kier alpha value is -2.89. The Morgan fingerprint density at radius 3 is 2.06 bits per heavy atom. The maximum atomic E-state index is 12.4. The Morgan fingerprint density at radius 2 is 1.44 bits per heavy atom. The van der Waals surface area contributed by atoms with Gasteiger partial charge in [0.25, 0.3) is 0 Å². The van der Waals surface area contributed by atoms with Crippen LogP contribution in [0, 0.1) is 0 Å². The van der Waals surface area contributed by atoms with Crippen molar-refractivity contribution in [2.75, 3.05) is 0 Å². The zero-order valence-corrected chi connectivity index (χ0v) is 19.4. The first-order valence-electron chi connectivity index (χ1n) is 9.89. The predicted molar refractivity (Wildman–Crippen MR) is 126 cm³/mol. The minimum atomic E-state index is -1.27. The van der Waals surface area contributed by atoms with Crippen molar-refractivity contribution in [1.29, 1.82) is 0 Å². The van der Waals surface area contributed by atoms with Gasteiger partial charge in [-0.15, -0.1) is 24.8 Å². The molecule has 1 aliphatic carbocycles. The molecule has 1 aromatic heterocycles. The van der Waals surface area contributed by atoms with Gasteiger partial charge in [0.1, 0.15) is 0 Å². The second kappa shape index (κ2) is 10.2. The second-order valence-electron chi connectivity index (χ2n) is 7.59. The molecule has 0 saturated carbocycles. The van der Waals surface area contributed by atoms with E-state index in [0.29, 0.717) is 12.8 Å². The summed E-state index contributed by atoms with van der Waals surface area (Å²) in [4.78, 5) is 28.9. The molecule has 0 bridgehead atoms. The van der Waals surface area contributed by atoms with Crippen LogP contribution >= 0.6 is 24.8 Å². The maximum absolute atomic E-state index is 12.4. The first-order chi connectivity index (χ1) is 14.5. The number of carbonyl (C=O) groups is 2. The van der Waals surface area contributed by atoms with E-state index in [1.54, 1.807) is 12.4 Å². The zero-order chi connectivity index (χ0) is 21.2. The Morgan fingerprint density at radius 1 is 0.844 bits per heavy atom. The Labute approximate surface area is 200 Å². The molecule has 0 amide bonds. The third-order valence-electron chi connectivity index (χ3n) is 5.57. The van der Waals surface area contributed by atoms with E-state index in [0.717, 1.165) is 22.3 Å². The van der Waals surface area contributed by atoms with Crippen LogP contribution in [0.5, 0.6) is 0 Å². The number of carbonyl (C=O) groups excluding carboxylic acids is 2. The number of pyridine rings is 1. The maximum Gasteiger partial charge on any atom is 0.304 e. The quantitative estimate of drug-likeness (QED) is 0.496. The molecule has 0 saturated heterocycles. The average molecular weight is 474 g/mol. The predicted octanol–water partition coefficient (Wildman–Crippen LogP) is 4.83. The number of benzene rings is 2. The molecule has 32 heavy (non-hydrogen) atoms. The number of esters is 2. The SMILES string of the molecule is CC(=O)OC1(Cc2ccncc2)Cc2ccccc2C1(OC(C)=O)c1ccccc1.Cl.Cl. The van der Waals surface area contributed by atoms with Crippen LogP contribution in [0.15, 0.2) is 79.1 Å². The Bertz CT molecular complexity index is 1080. The van der Waals surface area contributed by atoms with Crippen molar-refractivity contribution in [3.63, 3.8) is 0 Å². The second-order valence-corrected chi connectivity index (χ2v) is 7.59. The summed E-state index contributed by atoms with van der Waals surface area (Å²) < 4.78 is 12.3. The van der Waals surface area contributed by atoms with E-state index in [2.05, 4.69) is 4.98 Å². The number of aromatic nitrogens is 1. The number of fused-ring (bicyclic) bond motifs is 1. The van der Waals surface area contributed by atoms with E-state index in [1.165, 1.54) is 13.8 Å². The van der Waals surface area contributed by atoms with Crippen LogP contribution in [0.3, 0.4) is 0 Å². The van der Waals surface area contributed by atoms with E-state index in [4.69, 9.17) is 9.47 Å². The van der Waals surface area contributed by atoms with Crippen molar-refractivity contribution in [2.24, 2.45) is 0 Å². The molecule has 7 heteroatoms. The summed E-state index contributed by atoms with van der Waals surface area (Å²) in [6, 6.07) is 21.1. The molecule has 2 aromatic carbocycles. The molecule has 5 nitrogen and oxygen atoms in total. The highest BCUT2D eigenvalue weighted by atomic mass is 35.5. The highest BCUT2D eigenvalue weighted by molar-refractivity contribution is 5.85. The largest absolute Gasteiger partial charge is 0.453 e. The van der Waals surface area contributed by atoms with Gasteiger partial charge in [-0.05, 0) is 23.3 Å². The fourth-order valence-electron chi connectivity index (χ4n) is 4.65. The lowest BCUT2D eigenvalue weighted by Crippen LogP contribution is -2.56. The summed E-state index contributed by atoms with van der Waals surface area (Å²) in [5.74, 6) is -0.869. The van der Waals surface area contributed by atoms with Crippen LogP contribution in [0.2, 0.25) is 0 Å². The average Bonchev–Trinajstić information content (AvgIpc) is 2.98. The van der Waals surface area contributed by atoms with Gasteiger partial charge >= 0.3 is 11.9 Å². The molecule has 2 unspecified atom stereocenters. The summed E-state index contributed by atoms with van der Waals surface area (Å²) in [5, 5.41) is 0. The third-order valence-corrected chi connectivity index (χ3v) is 5.57. The Balaban J connectivity index is 0.00000181. The molecule has 3 aromatic rings. The lowest BCUT2D eigenvalue weighted by atomic mass is 9.74. The Kier molecular flexibility index (Phi) is 8.05. The number of hydrogen-bond acceptors (Lipinski definition) is 5. The standard InChI is InChI=1S/C25H23NO4.2ClH/c1-18(27)29-24(16-20-12-14-26-15-13-20)17-21-8-6-7-11-23(21)25(24,30-19(2)28)22-9-4-3-5-10-22;;/h3-15H,16-17H2,1-2H3;2*1H. The van der Waals surface area contributed by atoms with Crippen LogP contribution in [0.1, 0.15) is 36.1 Å². The smallest absolute Gasteiger partial charge is 0.304 e. The molecule has 0 N–H and O–H groups in total. The molecule has 2 atom stereocenters. The van der Waals surface area contributed by atoms with E-state index < -0.39 is 23.1 Å². The van der Waals surface area contributed by atoms with Crippen molar-refractivity contribution in [2.45, 2.75) is 37.9 Å². The summed E-state index contributed by atoms with van der Waals surface area (Å²) in [7, 11) is 0. The molecule has 0 aliphatic heterocycles. The van der Waals surface area contributed by atoms with Gasteiger partial charge in [0, 0.05) is 50.2 Å². The minimum absolute atomic E-state index is 0. The topological polar surface area (TPSA) is 65.5 Å². The normalized spacial score (nSPS) is 20.8. The van der Waals surface area contributed by atoms with Crippen molar-refractivity contribution < 1.29 is 19.1 Å². The lowest BCUT2D eigenvalue weighted by molar-refractivity contribution is -0.201. The van der Waals surface area contributed by atoms with Gasteiger partial charge in [0.05, 0.1) is 0 Å². The first kappa shape index (κ1) is 25.4. The van der Waals surface area contributed by atoms with E-state index in [1.807, 2.05) is 66.7 Å². The van der Waals surface area contributed by atoms with Gasteiger partial charge < -0.3 is 9.47 Å². The summed E-state index contributed by atoms with van der Waals surface area (Å²) in [5.41, 5.74) is 1.11. The summed E-state index contributed by atoms with van der Waals surface area (Å²) >= 11 is 0. The van der Waals surface area contributed by atoms with Crippen LogP contribution < -0.4 is 0 Å². The lowest BCUT2D eigenvalue weighted by Gasteiger charge is -2.45. The van der Waals surface area contributed by atoms with Gasteiger partial charge in [-0.3, -0.25) is 14.6 Å². The van der Waals surface area contributed by atoms with Gasteiger partial charge in [-0.25, -0.2) is 0 Å². The van der Waals surface area contributed by atoms with Crippen molar-refractivity contribution >= 4 is 36.8 Å². The molecule has 4 rings (SSSR count). The van der Waals surface area contributed by atoms with Gasteiger partial charge in [0.2, 0.25) is 5.60 Å². The van der Waals surface area contributed by atoms with Gasteiger partial charge in [-0.1, -0.05) is 54.6 Å². The first-order valence-corrected chi connectivity index (χ1v) is 9.89. The minimum Gasteiger partial charge on any atom is -0.453 e. The van der Waals surface area contributed by atoms with E-state index in [-0.39, 0.29) is 24.8 Å². The highest BCUT2D eigenvalue weighted by Crippen LogP contribution is 2.54. The fraction of sp³-hybridized carbons (Fsp3) is 0.240. The molecule has 0 radical (unpaired) electrons. The monoisotopic (exact) mass is 473 g/mol. The number of hydrogen-bond donors (Lipinski definition) is 0. The zero-order valence-electron chi connectivity index (χ0n) is 17.8. The number of ether oxygens (including phenoxy) is 2. The van der Waals surface area contributed by atoms with Crippen LogP contribution in [-0.2, 0) is 37.5 Å². The van der Waals surface area contributed by atoms with Crippen molar-refractivity contribution in [3.8, 4) is 0 Å². The van der Waals surface area contributed by atoms with E-state index >= 15 is 0 Å².